The lowest BCUT2D eigenvalue weighted by Crippen LogP contribution is -2.44. The van der Waals surface area contributed by atoms with E-state index in [0.29, 0.717) is 0 Å². The minimum absolute atomic E-state index is 0.00162. The molecule has 142 valence electrons. The second-order valence-corrected chi connectivity index (χ2v) is 9.55. The highest BCUT2D eigenvalue weighted by molar-refractivity contribution is 7.72. The monoisotopic (exact) mass is 399 g/mol. The van der Waals surface area contributed by atoms with Crippen LogP contribution >= 0.6 is 15.2 Å². The van der Waals surface area contributed by atoms with Gasteiger partial charge in [0.1, 0.15) is 6.10 Å². The minimum atomic E-state index is -5.55. The smallest absolute Gasteiger partial charge is 0.369 e. The van der Waals surface area contributed by atoms with Crippen molar-refractivity contribution in [3.8, 4) is 0 Å². The summed E-state index contributed by atoms with van der Waals surface area (Å²) in [5.41, 5.74) is 0.0309. The molecule has 0 fully saturated rings. The molecule has 1 heterocycles. The molecule has 7 N–H and O–H groups in total. The van der Waals surface area contributed by atoms with Gasteiger partial charge in [-0.25, -0.2) is 4.57 Å². The normalized spacial score (nSPS) is 14.2. The number of nitrogens with zero attached hydrogens (tertiary/aromatic N) is 1. The fourth-order valence-electron chi connectivity index (χ4n) is 2.01. The van der Waals surface area contributed by atoms with Crippen LogP contribution in [0, 0.1) is 0 Å². The summed E-state index contributed by atoms with van der Waals surface area (Å²) in [7, 11) is -11.1. The van der Waals surface area contributed by atoms with Gasteiger partial charge in [-0.15, -0.1) is 0 Å². The molecule has 1 aromatic rings. The van der Waals surface area contributed by atoms with E-state index in [4.69, 9.17) is 19.6 Å². The van der Waals surface area contributed by atoms with Crippen LogP contribution in [0.4, 0.5) is 0 Å². The van der Waals surface area contributed by atoms with Crippen LogP contribution in [0.15, 0.2) is 24.5 Å². The van der Waals surface area contributed by atoms with E-state index in [1.807, 2.05) is 0 Å². The molecule has 1 amide bonds. The van der Waals surface area contributed by atoms with E-state index < -0.39 is 32.8 Å². The first-order chi connectivity index (χ1) is 11.3. The lowest BCUT2D eigenvalue weighted by molar-refractivity contribution is -0.703. The number of carbonyl (C=O) groups is 1. The average Bonchev–Trinajstić information content (AvgIpc) is 2.43. The lowest BCUT2D eigenvalue weighted by Gasteiger charge is -2.28. The fourth-order valence-corrected chi connectivity index (χ4v) is 4.15. The number of rotatable bonds is 8. The largest absolute Gasteiger partial charge is 0.385 e. The predicted octanol–water partition coefficient (Wildman–Crippen LogP) is -1.98. The van der Waals surface area contributed by atoms with E-state index in [1.54, 1.807) is 0 Å². The number of aliphatic hydroxyl groups is 2. The van der Waals surface area contributed by atoms with Crippen LogP contribution in [-0.2, 0) is 26.9 Å². The molecule has 0 aliphatic rings. The van der Waals surface area contributed by atoms with Crippen molar-refractivity contribution in [2.45, 2.75) is 31.1 Å². The number of nitrogens with one attached hydrogen (secondary N) is 1. The molecule has 0 aliphatic heterocycles. The van der Waals surface area contributed by atoms with Crippen molar-refractivity contribution in [2.24, 2.45) is 0 Å². The molecule has 13 heteroatoms. The van der Waals surface area contributed by atoms with E-state index in [1.165, 1.54) is 36.0 Å². The third-order valence-corrected chi connectivity index (χ3v) is 7.05. The van der Waals surface area contributed by atoms with Crippen molar-refractivity contribution in [2.75, 3.05) is 6.54 Å². The Balaban J connectivity index is 2.99. The molecule has 25 heavy (non-hydrogen) atoms. The van der Waals surface area contributed by atoms with Crippen molar-refractivity contribution < 1.29 is 48.3 Å². The van der Waals surface area contributed by atoms with Crippen LogP contribution in [0.2, 0.25) is 0 Å². The van der Waals surface area contributed by atoms with Gasteiger partial charge in [0.15, 0.2) is 18.9 Å². The van der Waals surface area contributed by atoms with Crippen LogP contribution in [0.1, 0.15) is 12.5 Å². The highest BCUT2D eigenvalue weighted by Crippen LogP contribution is 2.68. The van der Waals surface area contributed by atoms with Gasteiger partial charge in [0, 0.05) is 31.5 Å². The Morgan fingerprint density at radius 1 is 1.28 bits per heavy atom. The Hall–Kier alpha value is -1.16. The molecule has 1 aromatic heterocycles. The predicted molar refractivity (Wildman–Crippen MR) is 84.1 cm³/mol. The Morgan fingerprint density at radius 3 is 2.32 bits per heavy atom. The molecular formula is C12H21N2O9P2+. The van der Waals surface area contributed by atoms with Crippen LogP contribution < -0.4 is 9.88 Å². The first-order valence-electron chi connectivity index (χ1n) is 7.00. The lowest BCUT2D eigenvalue weighted by atomic mass is 10.2. The van der Waals surface area contributed by atoms with Crippen LogP contribution in [0.3, 0.4) is 0 Å². The molecule has 0 radical (unpaired) electrons. The molecule has 11 nitrogen and oxygen atoms in total. The second kappa shape index (κ2) is 8.03. The number of carbonyl (C=O) groups excluding carboxylic acids is 1. The zero-order valence-corrected chi connectivity index (χ0v) is 15.0. The zero-order chi connectivity index (χ0) is 19.5. The number of hydrogen-bond donors (Lipinski definition) is 7. The fraction of sp³-hybridized carbons (Fsp3) is 0.500. The SMILES string of the molecule is CC(=O)NCC(O)C[n+]1cccc(CC(O)(P(=O)(O)O)P(=O)(O)O)c1. The summed E-state index contributed by atoms with van der Waals surface area (Å²) in [6.45, 7) is 1.26. The summed E-state index contributed by atoms with van der Waals surface area (Å²) in [6, 6.07) is 2.73. The van der Waals surface area contributed by atoms with Gasteiger partial charge in [0.2, 0.25) is 5.91 Å². The Kier molecular flexibility index (Phi) is 7.03. The van der Waals surface area contributed by atoms with Gasteiger partial charge in [0.25, 0.3) is 5.08 Å². The highest BCUT2D eigenvalue weighted by Gasteiger charge is 2.59. The molecule has 0 bridgehead atoms. The Bertz CT molecular complexity index is 692. The third-order valence-electron chi connectivity index (χ3n) is 3.30. The number of pyridine rings is 1. The molecule has 0 spiro atoms. The minimum Gasteiger partial charge on any atom is -0.385 e. The Labute approximate surface area is 143 Å². The van der Waals surface area contributed by atoms with Crippen molar-refractivity contribution in [3.63, 3.8) is 0 Å². The second-order valence-electron chi connectivity index (χ2n) is 5.54. The third kappa shape index (κ3) is 5.95. The quantitative estimate of drug-likeness (QED) is 0.192. The van der Waals surface area contributed by atoms with Gasteiger partial charge in [-0.1, -0.05) is 0 Å². The van der Waals surface area contributed by atoms with Gasteiger partial charge in [-0.05, 0) is 6.07 Å². The van der Waals surface area contributed by atoms with Crippen molar-refractivity contribution >= 4 is 21.1 Å². The number of hydrogen-bond acceptors (Lipinski definition) is 5. The van der Waals surface area contributed by atoms with Gasteiger partial charge >= 0.3 is 15.2 Å². The van der Waals surface area contributed by atoms with Crippen LogP contribution in [0.5, 0.6) is 0 Å². The number of aliphatic hydroxyl groups excluding tert-OH is 1. The standard InChI is InChI=1S/C12H20N2O9P2/c1-9(15)13-6-11(16)8-14-4-2-3-10(7-14)5-12(17,24(18,19)20)25(21,22)23/h2-4,7,11,16-17H,5-6,8H2,1H3,(H4-,13,15,18,19,20,21,22,23)/p+1. The molecule has 0 saturated carbocycles. The molecular weight excluding hydrogens is 378 g/mol. The number of amides is 1. The highest BCUT2D eigenvalue weighted by atomic mass is 31.2. The van der Waals surface area contributed by atoms with Gasteiger partial charge in [0.05, 0.1) is 0 Å². The maximum absolute atomic E-state index is 11.4. The van der Waals surface area contributed by atoms with E-state index in [-0.39, 0.29) is 24.6 Å². The zero-order valence-electron chi connectivity index (χ0n) is 13.3. The van der Waals surface area contributed by atoms with E-state index >= 15 is 0 Å². The number of aromatic nitrogens is 1. The molecule has 1 unspecified atom stereocenters. The van der Waals surface area contributed by atoms with Crippen molar-refractivity contribution in [3.05, 3.63) is 30.1 Å². The van der Waals surface area contributed by atoms with Crippen LogP contribution in [0.25, 0.3) is 0 Å². The molecule has 1 atom stereocenters. The van der Waals surface area contributed by atoms with Crippen molar-refractivity contribution in [1.29, 1.82) is 0 Å². The van der Waals surface area contributed by atoms with Gasteiger partial charge in [-0.2, -0.15) is 0 Å². The molecule has 0 aromatic carbocycles. The van der Waals surface area contributed by atoms with E-state index in [9.17, 15) is 24.1 Å². The van der Waals surface area contributed by atoms with Crippen LogP contribution in [-0.4, -0.2) is 53.4 Å². The average molecular weight is 399 g/mol. The molecule has 0 saturated heterocycles. The van der Waals surface area contributed by atoms with Crippen molar-refractivity contribution in [1.82, 2.24) is 5.32 Å². The van der Waals surface area contributed by atoms with E-state index in [2.05, 4.69) is 5.32 Å². The summed E-state index contributed by atoms with van der Waals surface area (Å²) in [5.74, 6) is -0.328. The first kappa shape index (κ1) is 21.9. The summed E-state index contributed by atoms with van der Waals surface area (Å²) < 4.78 is 24.2. The topological polar surface area (TPSA) is 188 Å². The summed E-state index contributed by atoms with van der Waals surface area (Å²) in [6.07, 6.45) is 0.804. The summed E-state index contributed by atoms with van der Waals surface area (Å²) in [5, 5.41) is 18.6. The summed E-state index contributed by atoms with van der Waals surface area (Å²) in [4.78, 5) is 47.4. The first-order valence-corrected chi connectivity index (χ1v) is 10.2. The summed E-state index contributed by atoms with van der Waals surface area (Å²) >= 11 is 0. The maximum atomic E-state index is 11.4. The van der Waals surface area contributed by atoms with Gasteiger partial charge in [-0.3, -0.25) is 13.9 Å². The van der Waals surface area contributed by atoms with E-state index in [0.717, 1.165) is 0 Å². The Morgan fingerprint density at radius 2 is 1.84 bits per heavy atom. The molecule has 1 rings (SSSR count). The maximum Gasteiger partial charge on any atom is 0.369 e. The van der Waals surface area contributed by atoms with Gasteiger partial charge < -0.3 is 35.1 Å². The molecule has 0 aliphatic carbocycles.